The highest BCUT2D eigenvalue weighted by atomic mass is 79.9. The van der Waals surface area contributed by atoms with Crippen molar-refractivity contribution < 1.29 is 4.79 Å². The van der Waals surface area contributed by atoms with Gasteiger partial charge in [-0.05, 0) is 24.6 Å². The van der Waals surface area contributed by atoms with E-state index >= 15 is 0 Å². The van der Waals surface area contributed by atoms with E-state index in [-0.39, 0.29) is 5.78 Å². The lowest BCUT2D eigenvalue weighted by molar-refractivity contribution is 0.0982. The number of halogens is 2. The number of carbonyl (C=O) groups excluding carboxylic acids is 1. The molecule has 1 aromatic rings. The summed E-state index contributed by atoms with van der Waals surface area (Å²) in [6, 6.07) is 5.32. The molecule has 1 rings (SSSR count). The van der Waals surface area contributed by atoms with Crippen LogP contribution in [-0.2, 0) is 0 Å². The smallest absolute Gasteiger partial charge is 0.164 e. The Morgan fingerprint density at radius 3 is 2.85 bits per heavy atom. The first-order valence-electron chi connectivity index (χ1n) is 4.13. The number of Topliss-reactive ketones (excluding diaryl/α,β-unsaturated/α-hetero) is 1. The third kappa shape index (κ3) is 2.82. The quantitative estimate of drug-likeness (QED) is 0.749. The van der Waals surface area contributed by atoms with Gasteiger partial charge in [-0.15, -0.1) is 0 Å². The van der Waals surface area contributed by atoms with Crippen molar-refractivity contribution >= 4 is 33.3 Å². The minimum absolute atomic E-state index is 0.105. The van der Waals surface area contributed by atoms with Gasteiger partial charge in [0, 0.05) is 16.5 Å². The van der Waals surface area contributed by atoms with Crippen molar-refractivity contribution in [3.63, 3.8) is 0 Å². The van der Waals surface area contributed by atoms with Gasteiger partial charge in [-0.3, -0.25) is 4.79 Å². The molecule has 0 N–H and O–H groups in total. The Kier molecular flexibility index (Phi) is 3.94. The monoisotopic (exact) mass is 260 g/mol. The largest absolute Gasteiger partial charge is 0.294 e. The van der Waals surface area contributed by atoms with E-state index in [1.807, 2.05) is 13.0 Å². The number of ketones is 1. The predicted molar refractivity (Wildman–Crippen MR) is 58.4 cm³/mol. The highest BCUT2D eigenvalue weighted by molar-refractivity contribution is 9.10. The van der Waals surface area contributed by atoms with Crippen molar-refractivity contribution in [1.82, 2.24) is 0 Å². The fourth-order valence-electron chi connectivity index (χ4n) is 1.07. The summed E-state index contributed by atoms with van der Waals surface area (Å²) in [6.45, 7) is 1.98. The predicted octanol–water partition coefficient (Wildman–Crippen LogP) is 4.09. The number of hydrogen-bond acceptors (Lipinski definition) is 1. The third-order valence-corrected chi connectivity index (χ3v) is 2.53. The minimum atomic E-state index is 0.105. The van der Waals surface area contributed by atoms with Crippen LogP contribution in [0.2, 0.25) is 5.02 Å². The van der Waals surface area contributed by atoms with Crippen molar-refractivity contribution in [2.24, 2.45) is 0 Å². The minimum Gasteiger partial charge on any atom is -0.294 e. The number of rotatable bonds is 3. The van der Waals surface area contributed by atoms with E-state index in [1.165, 1.54) is 0 Å². The van der Waals surface area contributed by atoms with Crippen LogP contribution in [0.4, 0.5) is 0 Å². The topological polar surface area (TPSA) is 17.1 Å². The first-order valence-corrected chi connectivity index (χ1v) is 5.30. The first kappa shape index (κ1) is 10.7. The Bertz CT molecular complexity index is 323. The lowest BCUT2D eigenvalue weighted by Crippen LogP contribution is -1.98. The van der Waals surface area contributed by atoms with Gasteiger partial charge < -0.3 is 0 Å². The average Bonchev–Trinajstić information content (AvgIpc) is 2.09. The van der Waals surface area contributed by atoms with E-state index in [0.717, 1.165) is 10.9 Å². The first-order chi connectivity index (χ1) is 6.15. The highest BCUT2D eigenvalue weighted by Gasteiger charge is 2.09. The van der Waals surface area contributed by atoms with Crippen LogP contribution in [0.1, 0.15) is 30.1 Å². The molecule has 0 unspecified atom stereocenters. The Morgan fingerprint density at radius 1 is 1.54 bits per heavy atom. The molecule has 0 aromatic heterocycles. The second kappa shape index (κ2) is 4.77. The Labute approximate surface area is 91.2 Å². The number of benzene rings is 1. The van der Waals surface area contributed by atoms with Crippen molar-refractivity contribution in [2.45, 2.75) is 19.8 Å². The molecule has 1 nitrogen and oxygen atoms in total. The number of carbonyl (C=O) groups is 1. The molecule has 0 spiro atoms. The molecular weight excluding hydrogens is 251 g/mol. The van der Waals surface area contributed by atoms with Crippen LogP contribution >= 0.6 is 27.5 Å². The van der Waals surface area contributed by atoms with Crippen LogP contribution < -0.4 is 0 Å². The standard InChI is InChI=1S/C10H10BrClO/c1-2-3-10(13)8-6-7(11)4-5-9(8)12/h4-6H,2-3H2,1H3. The van der Waals surface area contributed by atoms with Crippen LogP contribution in [0.15, 0.2) is 22.7 Å². The maximum absolute atomic E-state index is 11.5. The summed E-state index contributed by atoms with van der Waals surface area (Å²) in [5.74, 6) is 0.105. The molecule has 70 valence electrons. The van der Waals surface area contributed by atoms with Crippen LogP contribution in [0.5, 0.6) is 0 Å². The second-order valence-electron chi connectivity index (χ2n) is 2.80. The van der Waals surface area contributed by atoms with Gasteiger partial charge in [0.05, 0.1) is 5.02 Å². The summed E-state index contributed by atoms with van der Waals surface area (Å²) in [7, 11) is 0. The van der Waals surface area contributed by atoms with E-state index in [0.29, 0.717) is 17.0 Å². The van der Waals surface area contributed by atoms with Crippen LogP contribution in [0.25, 0.3) is 0 Å². The lowest BCUT2D eigenvalue weighted by atomic mass is 10.1. The summed E-state index contributed by atoms with van der Waals surface area (Å²) in [5, 5.41) is 0.529. The summed E-state index contributed by atoms with van der Waals surface area (Å²) >= 11 is 9.19. The molecule has 0 aliphatic carbocycles. The summed E-state index contributed by atoms with van der Waals surface area (Å²) in [5.41, 5.74) is 0.609. The van der Waals surface area contributed by atoms with Crippen LogP contribution in [0.3, 0.4) is 0 Å². The molecule has 13 heavy (non-hydrogen) atoms. The Hall–Kier alpha value is -0.340. The normalized spacial score (nSPS) is 10.1. The highest BCUT2D eigenvalue weighted by Crippen LogP contribution is 2.22. The molecule has 0 saturated heterocycles. The molecule has 0 aliphatic heterocycles. The van der Waals surface area contributed by atoms with Crippen LogP contribution in [0, 0.1) is 0 Å². The molecule has 0 fully saturated rings. The maximum atomic E-state index is 11.5. The van der Waals surface area contributed by atoms with E-state index < -0.39 is 0 Å². The summed E-state index contributed by atoms with van der Waals surface area (Å²) < 4.78 is 0.886. The van der Waals surface area contributed by atoms with Gasteiger partial charge in [-0.25, -0.2) is 0 Å². The molecule has 3 heteroatoms. The maximum Gasteiger partial charge on any atom is 0.164 e. The summed E-state index contributed by atoms with van der Waals surface area (Å²) in [4.78, 5) is 11.5. The SMILES string of the molecule is CCCC(=O)c1cc(Br)ccc1Cl. The van der Waals surface area contributed by atoms with Gasteiger partial charge in [0.15, 0.2) is 5.78 Å². The van der Waals surface area contributed by atoms with Gasteiger partial charge in [0.1, 0.15) is 0 Å². The molecule has 0 atom stereocenters. The van der Waals surface area contributed by atoms with Crippen molar-refractivity contribution in [3.05, 3.63) is 33.3 Å². The van der Waals surface area contributed by atoms with Gasteiger partial charge in [-0.2, -0.15) is 0 Å². The lowest BCUT2D eigenvalue weighted by Gasteiger charge is -2.02. The van der Waals surface area contributed by atoms with Crippen molar-refractivity contribution in [3.8, 4) is 0 Å². The Balaban J connectivity index is 2.99. The fourth-order valence-corrected chi connectivity index (χ4v) is 1.66. The van der Waals surface area contributed by atoms with E-state index in [9.17, 15) is 4.79 Å². The van der Waals surface area contributed by atoms with Gasteiger partial charge >= 0.3 is 0 Å². The zero-order chi connectivity index (χ0) is 9.84. The molecule has 0 bridgehead atoms. The second-order valence-corrected chi connectivity index (χ2v) is 4.12. The molecule has 0 amide bonds. The fraction of sp³-hybridized carbons (Fsp3) is 0.300. The molecule has 0 saturated carbocycles. The van der Waals surface area contributed by atoms with Crippen molar-refractivity contribution in [1.29, 1.82) is 0 Å². The molecular formula is C10H10BrClO. The van der Waals surface area contributed by atoms with E-state index in [4.69, 9.17) is 11.6 Å². The molecule has 0 heterocycles. The van der Waals surface area contributed by atoms with E-state index in [2.05, 4.69) is 15.9 Å². The molecule has 0 aliphatic rings. The van der Waals surface area contributed by atoms with Crippen LogP contribution in [-0.4, -0.2) is 5.78 Å². The zero-order valence-corrected chi connectivity index (χ0v) is 9.65. The molecule has 0 radical (unpaired) electrons. The number of hydrogen-bond donors (Lipinski definition) is 0. The Morgan fingerprint density at radius 2 is 2.23 bits per heavy atom. The average molecular weight is 262 g/mol. The molecule has 1 aromatic carbocycles. The van der Waals surface area contributed by atoms with Gasteiger partial charge in [-0.1, -0.05) is 34.5 Å². The zero-order valence-electron chi connectivity index (χ0n) is 7.31. The van der Waals surface area contributed by atoms with Crippen molar-refractivity contribution in [2.75, 3.05) is 0 Å². The van der Waals surface area contributed by atoms with Gasteiger partial charge in [0.2, 0.25) is 0 Å². The van der Waals surface area contributed by atoms with Gasteiger partial charge in [0.25, 0.3) is 0 Å². The third-order valence-electron chi connectivity index (χ3n) is 1.71. The summed E-state index contributed by atoms with van der Waals surface area (Å²) in [6.07, 6.45) is 1.40. The van der Waals surface area contributed by atoms with E-state index in [1.54, 1.807) is 12.1 Å².